The number of rotatable bonds is 7. The lowest BCUT2D eigenvalue weighted by atomic mass is 9.97. The van der Waals surface area contributed by atoms with Crippen LogP contribution in [-0.4, -0.2) is 67.7 Å². The molecular formula is C15H25N3O4. The fourth-order valence-electron chi connectivity index (χ4n) is 2.63. The Labute approximate surface area is 131 Å². The molecule has 7 nitrogen and oxygen atoms in total. The zero-order valence-electron chi connectivity index (χ0n) is 13.6. The first-order valence-electron chi connectivity index (χ1n) is 7.59. The lowest BCUT2D eigenvalue weighted by Crippen LogP contribution is -2.39. The number of aryl methyl sites for hydroxylation is 1. The van der Waals surface area contributed by atoms with Crippen molar-refractivity contribution in [2.75, 3.05) is 47.1 Å². The number of aromatic nitrogens is 2. The Morgan fingerprint density at radius 3 is 2.68 bits per heavy atom. The molecule has 7 heteroatoms. The molecule has 0 saturated carbocycles. The summed E-state index contributed by atoms with van der Waals surface area (Å²) < 4.78 is 17.3. The van der Waals surface area contributed by atoms with Crippen molar-refractivity contribution in [3.63, 3.8) is 0 Å². The third kappa shape index (κ3) is 4.20. The van der Waals surface area contributed by atoms with Crippen LogP contribution in [0.1, 0.15) is 23.2 Å². The highest BCUT2D eigenvalue weighted by Gasteiger charge is 2.27. The van der Waals surface area contributed by atoms with E-state index in [1.165, 1.54) is 7.11 Å². The van der Waals surface area contributed by atoms with E-state index in [-0.39, 0.29) is 5.91 Å². The largest absolute Gasteiger partial charge is 0.479 e. The molecule has 0 spiro atoms. The third-order valence-corrected chi connectivity index (χ3v) is 3.91. The second-order valence-corrected chi connectivity index (χ2v) is 5.53. The van der Waals surface area contributed by atoms with Crippen LogP contribution >= 0.6 is 0 Å². The van der Waals surface area contributed by atoms with E-state index >= 15 is 0 Å². The smallest absolute Gasteiger partial charge is 0.260 e. The molecule has 0 unspecified atom stereocenters. The molecule has 22 heavy (non-hydrogen) atoms. The normalized spacial score (nSPS) is 16.0. The van der Waals surface area contributed by atoms with Gasteiger partial charge in [0.25, 0.3) is 5.91 Å². The van der Waals surface area contributed by atoms with Crippen molar-refractivity contribution in [1.82, 2.24) is 14.7 Å². The Bertz CT molecular complexity index is 481. The number of methoxy groups -OCH3 is 2. The molecule has 2 rings (SSSR count). The maximum Gasteiger partial charge on any atom is 0.260 e. The van der Waals surface area contributed by atoms with Gasteiger partial charge in [-0.2, -0.15) is 0 Å². The standard InChI is InChI=1S/C15H25N3O4/c1-17-10-13(14(16-17)21-3)15(19)18-6-4-12(5-7-18)11-22-9-8-20-2/h10,12H,4-9,11H2,1-3H3. The Hall–Kier alpha value is -1.60. The van der Waals surface area contributed by atoms with Crippen LogP contribution in [0.25, 0.3) is 0 Å². The van der Waals surface area contributed by atoms with E-state index < -0.39 is 0 Å². The van der Waals surface area contributed by atoms with Gasteiger partial charge in [0, 0.05) is 40.1 Å². The summed E-state index contributed by atoms with van der Waals surface area (Å²) in [5.41, 5.74) is 0.528. The molecule has 0 aromatic carbocycles. The van der Waals surface area contributed by atoms with Gasteiger partial charge in [0.15, 0.2) is 0 Å². The van der Waals surface area contributed by atoms with E-state index in [2.05, 4.69) is 5.10 Å². The summed E-state index contributed by atoms with van der Waals surface area (Å²) in [5, 5.41) is 4.13. The van der Waals surface area contributed by atoms with Crippen molar-refractivity contribution in [3.05, 3.63) is 11.8 Å². The van der Waals surface area contributed by atoms with Crippen molar-refractivity contribution in [1.29, 1.82) is 0 Å². The maximum atomic E-state index is 12.5. The fraction of sp³-hybridized carbons (Fsp3) is 0.733. The van der Waals surface area contributed by atoms with Crippen LogP contribution in [0.15, 0.2) is 6.20 Å². The molecule has 1 saturated heterocycles. The minimum Gasteiger partial charge on any atom is -0.479 e. The van der Waals surface area contributed by atoms with E-state index in [9.17, 15) is 4.79 Å². The van der Waals surface area contributed by atoms with Crippen LogP contribution in [0, 0.1) is 5.92 Å². The Balaban J connectivity index is 1.82. The molecule has 1 aromatic rings. The molecular weight excluding hydrogens is 286 g/mol. The number of carbonyl (C=O) groups excluding carboxylic acids is 1. The van der Waals surface area contributed by atoms with Gasteiger partial charge in [-0.05, 0) is 18.8 Å². The van der Waals surface area contributed by atoms with Gasteiger partial charge >= 0.3 is 0 Å². The minimum atomic E-state index is -0.0105. The predicted octanol–water partition coefficient (Wildman–Crippen LogP) is 0.944. The van der Waals surface area contributed by atoms with Crippen molar-refractivity contribution in [2.45, 2.75) is 12.8 Å². The molecule has 2 heterocycles. The number of hydrogen-bond acceptors (Lipinski definition) is 5. The molecule has 0 radical (unpaired) electrons. The van der Waals surface area contributed by atoms with Crippen LogP contribution in [0.2, 0.25) is 0 Å². The number of carbonyl (C=O) groups is 1. The van der Waals surface area contributed by atoms with Crippen molar-refractivity contribution < 1.29 is 19.0 Å². The molecule has 0 aliphatic carbocycles. The van der Waals surface area contributed by atoms with E-state index in [0.717, 1.165) is 32.5 Å². The molecule has 1 aliphatic rings. The van der Waals surface area contributed by atoms with E-state index in [0.29, 0.717) is 30.6 Å². The Morgan fingerprint density at radius 2 is 2.05 bits per heavy atom. The van der Waals surface area contributed by atoms with Gasteiger partial charge in [0.1, 0.15) is 5.56 Å². The molecule has 124 valence electrons. The Morgan fingerprint density at radius 1 is 1.32 bits per heavy atom. The monoisotopic (exact) mass is 311 g/mol. The average molecular weight is 311 g/mol. The fourth-order valence-corrected chi connectivity index (χ4v) is 2.63. The van der Waals surface area contributed by atoms with E-state index in [1.54, 1.807) is 25.0 Å². The summed E-state index contributed by atoms with van der Waals surface area (Å²) in [5.74, 6) is 0.887. The lowest BCUT2D eigenvalue weighted by molar-refractivity contribution is 0.0326. The van der Waals surface area contributed by atoms with Crippen LogP contribution in [0.3, 0.4) is 0 Å². The van der Waals surface area contributed by atoms with Gasteiger partial charge in [-0.15, -0.1) is 5.10 Å². The van der Waals surface area contributed by atoms with Crippen LogP contribution in [-0.2, 0) is 16.5 Å². The third-order valence-electron chi connectivity index (χ3n) is 3.91. The highest BCUT2D eigenvalue weighted by atomic mass is 16.5. The average Bonchev–Trinajstić information content (AvgIpc) is 2.92. The quantitative estimate of drug-likeness (QED) is 0.701. The highest BCUT2D eigenvalue weighted by Crippen LogP contribution is 2.22. The SMILES string of the molecule is COCCOCC1CCN(C(=O)c2cn(C)nc2OC)CC1. The van der Waals surface area contributed by atoms with Crippen molar-refractivity contribution in [2.24, 2.45) is 13.0 Å². The predicted molar refractivity (Wildman–Crippen MR) is 81.1 cm³/mol. The summed E-state index contributed by atoms with van der Waals surface area (Å²) in [4.78, 5) is 14.4. The number of hydrogen-bond donors (Lipinski definition) is 0. The van der Waals surface area contributed by atoms with Gasteiger partial charge in [-0.3, -0.25) is 9.48 Å². The van der Waals surface area contributed by atoms with Crippen molar-refractivity contribution in [3.8, 4) is 5.88 Å². The summed E-state index contributed by atoms with van der Waals surface area (Å²) in [6.45, 7) is 3.48. The van der Waals surface area contributed by atoms with Gasteiger partial charge in [0.2, 0.25) is 5.88 Å². The summed E-state index contributed by atoms with van der Waals surface area (Å²) in [6.07, 6.45) is 3.63. The van der Waals surface area contributed by atoms with Gasteiger partial charge in [-0.25, -0.2) is 0 Å². The first kappa shape index (κ1) is 16.8. The van der Waals surface area contributed by atoms with Gasteiger partial charge in [0.05, 0.1) is 20.3 Å². The molecule has 1 amide bonds. The van der Waals surface area contributed by atoms with Crippen LogP contribution in [0.5, 0.6) is 5.88 Å². The summed E-state index contributed by atoms with van der Waals surface area (Å²) >= 11 is 0. The van der Waals surface area contributed by atoms with Crippen molar-refractivity contribution >= 4 is 5.91 Å². The Kier molecular flexibility index (Phi) is 6.21. The lowest BCUT2D eigenvalue weighted by Gasteiger charge is -2.31. The summed E-state index contributed by atoms with van der Waals surface area (Å²) in [6, 6.07) is 0. The highest BCUT2D eigenvalue weighted by molar-refractivity contribution is 5.96. The number of likely N-dealkylation sites (tertiary alicyclic amines) is 1. The first-order valence-corrected chi connectivity index (χ1v) is 7.59. The molecule has 0 N–H and O–H groups in total. The number of amides is 1. The maximum absolute atomic E-state index is 12.5. The second-order valence-electron chi connectivity index (χ2n) is 5.53. The van der Waals surface area contributed by atoms with Gasteiger partial charge in [-0.1, -0.05) is 0 Å². The molecule has 1 fully saturated rings. The number of ether oxygens (including phenoxy) is 3. The molecule has 1 aliphatic heterocycles. The molecule has 1 aromatic heterocycles. The van der Waals surface area contributed by atoms with Crippen LogP contribution < -0.4 is 4.74 Å². The number of nitrogens with zero attached hydrogens (tertiary/aromatic N) is 3. The molecule has 0 atom stereocenters. The first-order chi connectivity index (χ1) is 10.7. The molecule has 0 bridgehead atoms. The van der Waals surface area contributed by atoms with E-state index in [1.807, 2.05) is 4.90 Å². The topological polar surface area (TPSA) is 65.8 Å². The minimum absolute atomic E-state index is 0.0105. The van der Waals surface area contributed by atoms with Gasteiger partial charge < -0.3 is 19.1 Å². The zero-order chi connectivity index (χ0) is 15.9. The summed E-state index contributed by atoms with van der Waals surface area (Å²) in [7, 11) is 4.98. The zero-order valence-corrected chi connectivity index (χ0v) is 13.6. The number of piperidine rings is 1. The van der Waals surface area contributed by atoms with Crippen LogP contribution in [0.4, 0.5) is 0 Å². The van der Waals surface area contributed by atoms with E-state index in [4.69, 9.17) is 14.2 Å². The second kappa shape index (κ2) is 8.14.